The van der Waals surface area contributed by atoms with E-state index < -0.39 is 32.9 Å². The first-order valence-corrected chi connectivity index (χ1v) is 16.1. The highest BCUT2D eigenvalue weighted by atomic mass is 32.2. The third-order valence-electron chi connectivity index (χ3n) is 6.95. The highest BCUT2D eigenvalue weighted by molar-refractivity contribution is 8.00. The van der Waals surface area contributed by atoms with Crippen molar-refractivity contribution < 1.29 is 35.9 Å². The van der Waals surface area contributed by atoms with E-state index in [9.17, 15) is 31.2 Å². The molecule has 10 nitrogen and oxygen atoms in total. The van der Waals surface area contributed by atoms with E-state index in [2.05, 4.69) is 15.5 Å². The molecule has 5 rings (SSSR count). The molecule has 3 aromatic carbocycles. The van der Waals surface area contributed by atoms with E-state index in [0.29, 0.717) is 16.8 Å². The van der Waals surface area contributed by atoms with E-state index in [4.69, 9.17) is 4.74 Å². The smallest absolute Gasteiger partial charge is 0.379 e. The minimum absolute atomic E-state index is 0.0183. The number of amides is 1. The van der Waals surface area contributed by atoms with Gasteiger partial charge in [-0.1, -0.05) is 42.1 Å². The maximum absolute atomic E-state index is 13.7. The van der Waals surface area contributed by atoms with Gasteiger partial charge in [0.05, 0.1) is 34.6 Å². The fourth-order valence-corrected chi connectivity index (χ4v) is 6.91. The van der Waals surface area contributed by atoms with E-state index in [1.807, 2.05) is 0 Å². The number of nitrogens with one attached hydrogen (secondary N) is 1. The third kappa shape index (κ3) is 7.27. The molecule has 1 aliphatic heterocycles. The lowest BCUT2D eigenvalue weighted by atomic mass is 10.1. The van der Waals surface area contributed by atoms with Crippen LogP contribution in [0.1, 0.15) is 29.8 Å². The van der Waals surface area contributed by atoms with Crippen LogP contribution in [0.4, 0.5) is 18.9 Å². The number of nitrogens with zero attached hydrogens (tertiary/aromatic N) is 4. The van der Waals surface area contributed by atoms with Crippen molar-refractivity contribution in [1.82, 2.24) is 19.1 Å². The highest BCUT2D eigenvalue weighted by Gasteiger charge is 2.32. The Morgan fingerprint density at radius 3 is 2.40 bits per heavy atom. The summed E-state index contributed by atoms with van der Waals surface area (Å²) in [6, 6.07) is 16.9. The van der Waals surface area contributed by atoms with Crippen LogP contribution in [0.25, 0.3) is 17.1 Å². The van der Waals surface area contributed by atoms with Crippen molar-refractivity contribution in [3.8, 4) is 17.1 Å². The Morgan fingerprint density at radius 1 is 0.978 bits per heavy atom. The number of anilines is 1. The van der Waals surface area contributed by atoms with Crippen LogP contribution >= 0.6 is 11.8 Å². The Labute approximate surface area is 261 Å². The Kier molecular flexibility index (Phi) is 9.44. The number of aromatic nitrogens is 3. The molecule has 0 radical (unpaired) electrons. The van der Waals surface area contributed by atoms with Gasteiger partial charge in [0, 0.05) is 29.9 Å². The topological polar surface area (TPSA) is 123 Å². The fraction of sp³-hybridized carbons (Fsp3) is 0.267. The van der Waals surface area contributed by atoms with Crippen molar-refractivity contribution in [2.75, 3.05) is 31.6 Å². The van der Waals surface area contributed by atoms with E-state index in [-0.39, 0.29) is 53.7 Å². The Bertz CT molecular complexity index is 1840. The molecule has 1 aliphatic rings. The average molecular weight is 660 g/mol. The number of hydrogen-bond donors (Lipinski definition) is 1. The number of Topliss-reactive ketones (excluding diaryl/α,β-unsaturated/α-hetero) is 1. The molecule has 4 aromatic rings. The standard InChI is InChI=1S/C30H28F3N5O5S2/c1-19(39)21-6-3-9-24(16-21)34-28(40)20(2)44-29-36-35-27(38(29)25-10-5-8-23(18-25)30(31,32)33)22-7-4-11-26(17-22)45(41,42)37-12-14-43-15-13-37/h3-11,16-18,20H,12-15H2,1-2H3,(H,34,40). The number of hydrogen-bond acceptors (Lipinski definition) is 8. The van der Waals surface area contributed by atoms with Crippen LogP contribution in [0.3, 0.4) is 0 Å². The third-order valence-corrected chi connectivity index (χ3v) is 9.89. The number of benzene rings is 3. The van der Waals surface area contributed by atoms with E-state index in [1.165, 1.54) is 46.1 Å². The summed E-state index contributed by atoms with van der Waals surface area (Å²) in [7, 11) is -3.89. The van der Waals surface area contributed by atoms with Crippen molar-refractivity contribution in [2.45, 2.75) is 35.3 Å². The molecule has 1 saturated heterocycles. The zero-order valence-corrected chi connectivity index (χ0v) is 25.7. The molecule has 1 atom stereocenters. The summed E-state index contributed by atoms with van der Waals surface area (Å²) in [6.07, 6.45) is -4.63. The van der Waals surface area contributed by atoms with Gasteiger partial charge in [0.2, 0.25) is 15.9 Å². The summed E-state index contributed by atoms with van der Waals surface area (Å²) in [6.45, 7) is 3.90. The molecular formula is C30H28F3N5O5S2. The molecule has 0 bridgehead atoms. The zero-order chi connectivity index (χ0) is 32.4. The molecule has 1 N–H and O–H groups in total. The number of carbonyl (C=O) groups is 2. The Morgan fingerprint density at radius 2 is 1.69 bits per heavy atom. The summed E-state index contributed by atoms with van der Waals surface area (Å²) in [5.74, 6) is -0.533. The number of morpholine rings is 1. The predicted octanol–water partition coefficient (Wildman–Crippen LogP) is 5.30. The van der Waals surface area contributed by atoms with E-state index in [0.717, 1.165) is 23.9 Å². The summed E-state index contributed by atoms with van der Waals surface area (Å²) >= 11 is 0.953. The van der Waals surface area contributed by atoms with Gasteiger partial charge in [-0.2, -0.15) is 17.5 Å². The lowest BCUT2D eigenvalue weighted by Gasteiger charge is -2.26. The first-order chi connectivity index (χ1) is 21.3. The number of ether oxygens (including phenoxy) is 1. The normalized spacial score (nSPS) is 15.0. The second-order valence-electron chi connectivity index (χ2n) is 10.1. The number of rotatable bonds is 9. The zero-order valence-electron chi connectivity index (χ0n) is 24.1. The van der Waals surface area contributed by atoms with Crippen LogP contribution in [0, 0.1) is 0 Å². The quantitative estimate of drug-likeness (QED) is 0.190. The molecule has 0 spiro atoms. The lowest BCUT2D eigenvalue weighted by molar-refractivity contribution is -0.137. The van der Waals surface area contributed by atoms with E-state index in [1.54, 1.807) is 37.3 Å². The lowest BCUT2D eigenvalue weighted by Crippen LogP contribution is -2.40. The number of ketones is 1. The number of alkyl halides is 3. The summed E-state index contributed by atoms with van der Waals surface area (Å²) in [5, 5.41) is 10.5. The molecule has 1 amide bonds. The monoisotopic (exact) mass is 659 g/mol. The van der Waals surface area contributed by atoms with Crippen LogP contribution in [0.5, 0.6) is 0 Å². The molecule has 45 heavy (non-hydrogen) atoms. The average Bonchev–Trinajstić information content (AvgIpc) is 3.44. The Balaban J connectivity index is 1.52. The SMILES string of the molecule is CC(=O)c1cccc(NC(=O)C(C)Sc2nnc(-c3cccc(S(=O)(=O)N4CCOCC4)c3)n2-c2cccc(C(F)(F)F)c2)c1. The molecular weight excluding hydrogens is 631 g/mol. The van der Waals surface area contributed by atoms with Crippen molar-refractivity contribution in [3.05, 3.63) is 83.9 Å². The second kappa shape index (κ2) is 13.1. The number of carbonyl (C=O) groups excluding carboxylic acids is 2. The van der Waals surface area contributed by atoms with Gasteiger partial charge in [0.25, 0.3) is 0 Å². The van der Waals surface area contributed by atoms with Crippen LogP contribution in [-0.2, 0) is 25.7 Å². The van der Waals surface area contributed by atoms with Crippen molar-refractivity contribution in [2.24, 2.45) is 0 Å². The van der Waals surface area contributed by atoms with Gasteiger partial charge in [0.15, 0.2) is 16.8 Å². The van der Waals surface area contributed by atoms with Crippen molar-refractivity contribution >= 4 is 39.2 Å². The number of thioether (sulfide) groups is 1. The summed E-state index contributed by atoms with van der Waals surface area (Å²) in [5.41, 5.74) is 0.267. The van der Waals surface area contributed by atoms with Crippen LogP contribution in [0.2, 0.25) is 0 Å². The van der Waals surface area contributed by atoms with E-state index >= 15 is 0 Å². The van der Waals surface area contributed by atoms with Gasteiger partial charge in [-0.3, -0.25) is 14.2 Å². The predicted molar refractivity (Wildman–Crippen MR) is 162 cm³/mol. The first-order valence-electron chi connectivity index (χ1n) is 13.7. The fourth-order valence-electron chi connectivity index (χ4n) is 4.59. The molecule has 1 fully saturated rings. The van der Waals surface area contributed by atoms with Gasteiger partial charge >= 0.3 is 6.18 Å². The van der Waals surface area contributed by atoms with Gasteiger partial charge < -0.3 is 10.1 Å². The second-order valence-corrected chi connectivity index (χ2v) is 13.4. The van der Waals surface area contributed by atoms with Crippen LogP contribution in [-0.4, -0.2) is 70.7 Å². The number of halogens is 3. The Hall–Kier alpha value is -4.05. The van der Waals surface area contributed by atoms with Gasteiger partial charge in [0.1, 0.15) is 0 Å². The minimum Gasteiger partial charge on any atom is -0.379 e. The van der Waals surface area contributed by atoms with Crippen LogP contribution < -0.4 is 5.32 Å². The van der Waals surface area contributed by atoms with Crippen molar-refractivity contribution in [1.29, 1.82) is 0 Å². The maximum atomic E-state index is 13.7. The summed E-state index contributed by atoms with van der Waals surface area (Å²) in [4.78, 5) is 24.8. The molecule has 236 valence electrons. The molecule has 1 aromatic heterocycles. The number of sulfonamides is 1. The van der Waals surface area contributed by atoms with Gasteiger partial charge in [-0.15, -0.1) is 10.2 Å². The highest BCUT2D eigenvalue weighted by Crippen LogP contribution is 2.35. The van der Waals surface area contributed by atoms with Crippen molar-refractivity contribution in [3.63, 3.8) is 0 Å². The summed E-state index contributed by atoms with van der Waals surface area (Å²) < 4.78 is 75.7. The molecule has 0 saturated carbocycles. The largest absolute Gasteiger partial charge is 0.416 e. The molecule has 0 aliphatic carbocycles. The van der Waals surface area contributed by atoms with Gasteiger partial charge in [-0.05, 0) is 56.3 Å². The molecule has 15 heteroatoms. The molecule has 2 heterocycles. The van der Waals surface area contributed by atoms with Crippen LogP contribution in [0.15, 0.2) is 82.8 Å². The molecule has 1 unspecified atom stereocenters. The van der Waals surface area contributed by atoms with Gasteiger partial charge in [-0.25, -0.2) is 8.42 Å². The minimum atomic E-state index is -4.63. The first kappa shape index (κ1) is 32.3. The maximum Gasteiger partial charge on any atom is 0.416 e.